The molecule has 4 N–H and O–H groups in total. The summed E-state index contributed by atoms with van der Waals surface area (Å²) in [5.41, 5.74) is 2.25. The standard InChI is InChI=1S/C18H19N5O2/c1-12(11-24)20-18-22-16(13-4-3-7-19-10-13)9-17(23-18)21-14-5-2-6-15(25)8-14/h2-10,12,24-25H,11H2,1H3,(H2,20,21,22,23)/t12-/m1/s1. The van der Waals surface area contributed by atoms with Gasteiger partial charge in [0.1, 0.15) is 11.6 Å². The molecule has 0 unspecified atom stereocenters. The molecule has 0 bridgehead atoms. The van der Waals surface area contributed by atoms with Crippen molar-refractivity contribution >= 4 is 17.5 Å². The van der Waals surface area contributed by atoms with Crippen LogP contribution >= 0.6 is 0 Å². The van der Waals surface area contributed by atoms with E-state index in [-0.39, 0.29) is 18.4 Å². The number of pyridine rings is 1. The van der Waals surface area contributed by atoms with Gasteiger partial charge in [0.05, 0.1) is 12.3 Å². The average Bonchev–Trinajstić information content (AvgIpc) is 2.62. The van der Waals surface area contributed by atoms with Gasteiger partial charge in [-0.15, -0.1) is 0 Å². The quantitative estimate of drug-likeness (QED) is 0.548. The molecule has 0 aliphatic rings. The van der Waals surface area contributed by atoms with Crippen LogP contribution in [0.5, 0.6) is 5.75 Å². The minimum Gasteiger partial charge on any atom is -0.508 e. The van der Waals surface area contributed by atoms with Gasteiger partial charge in [0.15, 0.2) is 0 Å². The summed E-state index contributed by atoms with van der Waals surface area (Å²) >= 11 is 0. The van der Waals surface area contributed by atoms with Crippen molar-refractivity contribution in [2.45, 2.75) is 13.0 Å². The van der Waals surface area contributed by atoms with E-state index in [1.807, 2.05) is 25.1 Å². The molecule has 1 aromatic carbocycles. The minimum atomic E-state index is -0.183. The first-order chi connectivity index (χ1) is 12.1. The maximum atomic E-state index is 9.61. The van der Waals surface area contributed by atoms with Crippen LogP contribution in [0.15, 0.2) is 54.9 Å². The van der Waals surface area contributed by atoms with E-state index < -0.39 is 0 Å². The summed E-state index contributed by atoms with van der Waals surface area (Å²) < 4.78 is 0. The number of hydrogen-bond acceptors (Lipinski definition) is 7. The third-order valence-electron chi connectivity index (χ3n) is 3.45. The number of hydrogen-bond donors (Lipinski definition) is 4. The van der Waals surface area contributed by atoms with Crippen LogP contribution in [0.1, 0.15) is 6.92 Å². The Balaban J connectivity index is 1.97. The molecule has 7 nitrogen and oxygen atoms in total. The second kappa shape index (κ2) is 7.59. The lowest BCUT2D eigenvalue weighted by Gasteiger charge is -2.14. The summed E-state index contributed by atoms with van der Waals surface area (Å²) in [6, 6.07) is 12.1. The van der Waals surface area contributed by atoms with Gasteiger partial charge < -0.3 is 20.8 Å². The van der Waals surface area contributed by atoms with Crippen LogP contribution in [0.3, 0.4) is 0 Å². The molecule has 2 heterocycles. The Morgan fingerprint density at radius 1 is 1.12 bits per heavy atom. The lowest BCUT2D eigenvalue weighted by molar-refractivity contribution is 0.281. The Labute approximate surface area is 145 Å². The maximum Gasteiger partial charge on any atom is 0.225 e. The normalized spacial score (nSPS) is 11.8. The fraction of sp³-hybridized carbons (Fsp3) is 0.167. The number of phenolic OH excluding ortho intramolecular Hbond substituents is 1. The molecule has 0 spiro atoms. The zero-order valence-electron chi connectivity index (χ0n) is 13.7. The number of anilines is 3. The minimum absolute atomic E-state index is 0.0319. The van der Waals surface area contributed by atoms with E-state index in [4.69, 9.17) is 0 Å². The van der Waals surface area contributed by atoms with Crippen LogP contribution < -0.4 is 10.6 Å². The molecule has 3 aromatic rings. The van der Waals surface area contributed by atoms with E-state index in [9.17, 15) is 10.2 Å². The Kier molecular flexibility index (Phi) is 5.06. The number of aromatic hydroxyl groups is 1. The summed E-state index contributed by atoms with van der Waals surface area (Å²) in [6.45, 7) is 1.80. The van der Waals surface area contributed by atoms with E-state index in [0.29, 0.717) is 23.1 Å². The second-order valence-corrected chi connectivity index (χ2v) is 5.61. The van der Waals surface area contributed by atoms with Crippen molar-refractivity contribution in [2.24, 2.45) is 0 Å². The van der Waals surface area contributed by atoms with Gasteiger partial charge in [-0.05, 0) is 31.2 Å². The molecule has 2 aromatic heterocycles. The largest absolute Gasteiger partial charge is 0.508 e. The molecule has 0 aliphatic heterocycles. The molecular weight excluding hydrogens is 318 g/mol. The highest BCUT2D eigenvalue weighted by molar-refractivity contribution is 5.67. The maximum absolute atomic E-state index is 9.61. The monoisotopic (exact) mass is 337 g/mol. The first kappa shape index (κ1) is 16.7. The first-order valence-electron chi connectivity index (χ1n) is 7.87. The number of phenols is 1. The van der Waals surface area contributed by atoms with Crippen molar-refractivity contribution < 1.29 is 10.2 Å². The number of nitrogens with zero attached hydrogens (tertiary/aromatic N) is 3. The van der Waals surface area contributed by atoms with Crippen LogP contribution in [-0.2, 0) is 0 Å². The summed E-state index contributed by atoms with van der Waals surface area (Å²) in [5.74, 6) is 1.12. The molecule has 0 amide bonds. The molecule has 0 radical (unpaired) electrons. The number of benzene rings is 1. The van der Waals surface area contributed by atoms with Crippen LogP contribution in [0.4, 0.5) is 17.5 Å². The second-order valence-electron chi connectivity index (χ2n) is 5.61. The lowest BCUT2D eigenvalue weighted by Crippen LogP contribution is -2.21. The molecule has 3 rings (SSSR count). The third-order valence-corrected chi connectivity index (χ3v) is 3.45. The first-order valence-corrected chi connectivity index (χ1v) is 7.87. The molecule has 0 saturated heterocycles. The Bertz CT molecular complexity index is 842. The molecule has 25 heavy (non-hydrogen) atoms. The molecule has 7 heteroatoms. The number of aliphatic hydroxyl groups excluding tert-OH is 1. The Morgan fingerprint density at radius 3 is 2.72 bits per heavy atom. The highest BCUT2D eigenvalue weighted by Crippen LogP contribution is 2.24. The van der Waals surface area contributed by atoms with Gasteiger partial charge in [-0.3, -0.25) is 4.98 Å². The van der Waals surface area contributed by atoms with Gasteiger partial charge in [-0.2, -0.15) is 4.98 Å². The Hall–Kier alpha value is -3.19. The zero-order valence-corrected chi connectivity index (χ0v) is 13.7. The molecular formula is C18H19N5O2. The highest BCUT2D eigenvalue weighted by atomic mass is 16.3. The fourth-order valence-corrected chi connectivity index (χ4v) is 2.24. The van der Waals surface area contributed by atoms with Gasteiger partial charge in [-0.25, -0.2) is 4.98 Å². The topological polar surface area (TPSA) is 103 Å². The summed E-state index contributed by atoms with van der Waals surface area (Å²) in [5, 5.41) is 25.1. The van der Waals surface area contributed by atoms with Gasteiger partial charge in [0.2, 0.25) is 5.95 Å². The van der Waals surface area contributed by atoms with Gasteiger partial charge >= 0.3 is 0 Å². The third kappa shape index (κ3) is 4.42. The van der Waals surface area contributed by atoms with Crippen molar-refractivity contribution in [1.29, 1.82) is 0 Å². The van der Waals surface area contributed by atoms with Gasteiger partial charge in [-0.1, -0.05) is 6.07 Å². The van der Waals surface area contributed by atoms with Crippen LogP contribution in [-0.4, -0.2) is 37.8 Å². The molecule has 0 fully saturated rings. The predicted molar refractivity (Wildman–Crippen MR) is 96.8 cm³/mol. The van der Waals surface area contributed by atoms with Crippen LogP contribution in [0, 0.1) is 0 Å². The summed E-state index contributed by atoms with van der Waals surface area (Å²) in [4.78, 5) is 13.0. The van der Waals surface area contributed by atoms with Crippen LogP contribution in [0.25, 0.3) is 11.3 Å². The number of aliphatic hydroxyl groups is 1. The van der Waals surface area contributed by atoms with Gasteiger partial charge in [0, 0.05) is 41.8 Å². The molecule has 0 saturated carbocycles. The van der Waals surface area contributed by atoms with Crippen molar-refractivity contribution in [1.82, 2.24) is 15.0 Å². The van der Waals surface area contributed by atoms with E-state index in [2.05, 4.69) is 25.6 Å². The van der Waals surface area contributed by atoms with Gasteiger partial charge in [0.25, 0.3) is 0 Å². The SMILES string of the molecule is C[C@H](CO)Nc1nc(Nc2cccc(O)c2)cc(-c2cccnc2)n1. The number of nitrogens with one attached hydrogen (secondary N) is 2. The Morgan fingerprint density at radius 2 is 2.00 bits per heavy atom. The van der Waals surface area contributed by atoms with Crippen molar-refractivity contribution in [3.63, 3.8) is 0 Å². The smallest absolute Gasteiger partial charge is 0.225 e. The fourth-order valence-electron chi connectivity index (χ4n) is 2.24. The number of rotatable bonds is 6. The molecule has 0 aliphatic carbocycles. The highest BCUT2D eigenvalue weighted by Gasteiger charge is 2.09. The summed E-state index contributed by atoms with van der Waals surface area (Å²) in [7, 11) is 0. The summed E-state index contributed by atoms with van der Waals surface area (Å²) in [6.07, 6.45) is 3.42. The number of aromatic nitrogens is 3. The lowest BCUT2D eigenvalue weighted by atomic mass is 10.2. The predicted octanol–water partition coefficient (Wildman–Crippen LogP) is 2.78. The van der Waals surface area contributed by atoms with E-state index in [0.717, 1.165) is 5.56 Å². The zero-order chi connectivity index (χ0) is 17.6. The van der Waals surface area contributed by atoms with E-state index >= 15 is 0 Å². The van der Waals surface area contributed by atoms with Crippen LogP contribution in [0.2, 0.25) is 0 Å². The van der Waals surface area contributed by atoms with E-state index in [1.165, 1.54) is 0 Å². The van der Waals surface area contributed by atoms with Crippen molar-refractivity contribution in [3.8, 4) is 17.0 Å². The average molecular weight is 337 g/mol. The van der Waals surface area contributed by atoms with Crippen molar-refractivity contribution in [2.75, 3.05) is 17.2 Å². The van der Waals surface area contributed by atoms with E-state index in [1.54, 1.807) is 36.7 Å². The molecule has 1 atom stereocenters. The molecule has 128 valence electrons. The van der Waals surface area contributed by atoms with Crippen molar-refractivity contribution in [3.05, 3.63) is 54.9 Å².